The summed E-state index contributed by atoms with van der Waals surface area (Å²) in [5.41, 5.74) is 1.95. The maximum atomic E-state index is 13.6. The third kappa shape index (κ3) is 3.10. The summed E-state index contributed by atoms with van der Waals surface area (Å²) in [6.45, 7) is 4.00. The smallest absolute Gasteiger partial charge is 0.183 e. The molecule has 0 amide bonds. The van der Waals surface area contributed by atoms with Crippen molar-refractivity contribution < 1.29 is 9.13 Å². The van der Waals surface area contributed by atoms with Crippen LogP contribution in [0.3, 0.4) is 0 Å². The first kappa shape index (κ1) is 16.4. The van der Waals surface area contributed by atoms with Crippen LogP contribution in [-0.2, 0) is 0 Å². The standard InChI is InChI=1S/C17H16ClFN4O/c1-10(2)16-17(23-9-11(19)4-7-15(23)20-16)22-21-12-5-6-14(24-3)13(18)8-12/h4-10H,1-3H3. The monoisotopic (exact) mass is 346 g/mol. The fraction of sp³-hybridized carbons (Fsp3) is 0.235. The Kier molecular flexibility index (Phi) is 4.49. The van der Waals surface area contributed by atoms with E-state index in [-0.39, 0.29) is 11.7 Å². The van der Waals surface area contributed by atoms with Gasteiger partial charge in [-0.1, -0.05) is 25.4 Å². The summed E-state index contributed by atoms with van der Waals surface area (Å²) < 4.78 is 20.3. The summed E-state index contributed by atoms with van der Waals surface area (Å²) in [4.78, 5) is 4.51. The lowest BCUT2D eigenvalue weighted by Gasteiger charge is -2.03. The molecule has 124 valence electrons. The Balaban J connectivity index is 2.06. The van der Waals surface area contributed by atoms with Crippen molar-refractivity contribution in [2.24, 2.45) is 10.2 Å². The summed E-state index contributed by atoms with van der Waals surface area (Å²) in [5, 5.41) is 8.94. The Morgan fingerprint density at radius 1 is 1.21 bits per heavy atom. The molecule has 3 aromatic rings. The maximum absolute atomic E-state index is 13.6. The Bertz CT molecular complexity index is 920. The number of ether oxygens (including phenoxy) is 1. The fourth-order valence-corrected chi connectivity index (χ4v) is 2.59. The third-order valence-electron chi connectivity index (χ3n) is 3.53. The number of hydrogen-bond acceptors (Lipinski definition) is 4. The molecule has 0 spiro atoms. The summed E-state index contributed by atoms with van der Waals surface area (Å²) in [5.74, 6) is 0.835. The number of aromatic nitrogens is 2. The molecular formula is C17H16ClFN4O. The number of halogens is 2. The normalized spacial score (nSPS) is 11.8. The SMILES string of the molecule is COc1ccc(N=Nc2c(C(C)C)nc3ccc(F)cn23)cc1Cl. The lowest BCUT2D eigenvalue weighted by Crippen LogP contribution is -1.88. The van der Waals surface area contributed by atoms with E-state index < -0.39 is 0 Å². The second kappa shape index (κ2) is 6.57. The minimum Gasteiger partial charge on any atom is -0.495 e. The topological polar surface area (TPSA) is 51.2 Å². The molecule has 0 fully saturated rings. The van der Waals surface area contributed by atoms with Gasteiger partial charge in [0.25, 0.3) is 0 Å². The summed E-state index contributed by atoms with van der Waals surface area (Å²) in [6, 6.07) is 8.10. The second-order valence-corrected chi connectivity index (χ2v) is 5.98. The molecule has 0 atom stereocenters. The largest absolute Gasteiger partial charge is 0.495 e. The Hall–Kier alpha value is -2.47. The predicted molar refractivity (Wildman–Crippen MR) is 91.4 cm³/mol. The van der Waals surface area contributed by atoms with Gasteiger partial charge < -0.3 is 4.74 Å². The summed E-state index contributed by atoms with van der Waals surface area (Å²) in [6.07, 6.45) is 1.35. The number of nitrogens with zero attached hydrogens (tertiary/aromatic N) is 4. The molecule has 2 heterocycles. The van der Waals surface area contributed by atoms with Gasteiger partial charge >= 0.3 is 0 Å². The van der Waals surface area contributed by atoms with Crippen molar-refractivity contribution in [2.45, 2.75) is 19.8 Å². The average Bonchev–Trinajstić information content (AvgIpc) is 2.91. The molecule has 7 heteroatoms. The molecule has 0 radical (unpaired) electrons. The van der Waals surface area contributed by atoms with Gasteiger partial charge in [0.05, 0.1) is 23.5 Å². The van der Waals surface area contributed by atoms with Gasteiger partial charge in [0, 0.05) is 6.20 Å². The molecule has 1 aromatic carbocycles. The third-order valence-corrected chi connectivity index (χ3v) is 3.82. The summed E-state index contributed by atoms with van der Waals surface area (Å²) in [7, 11) is 1.55. The molecule has 24 heavy (non-hydrogen) atoms. The van der Waals surface area contributed by atoms with E-state index >= 15 is 0 Å². The first-order chi connectivity index (χ1) is 11.5. The van der Waals surface area contributed by atoms with Crippen LogP contribution >= 0.6 is 11.6 Å². The number of rotatable bonds is 4. The van der Waals surface area contributed by atoms with Crippen LogP contribution in [0.25, 0.3) is 5.65 Å². The van der Waals surface area contributed by atoms with E-state index in [2.05, 4.69) is 15.2 Å². The van der Waals surface area contributed by atoms with Gasteiger partial charge in [0.1, 0.15) is 17.2 Å². The van der Waals surface area contributed by atoms with E-state index in [1.54, 1.807) is 35.8 Å². The van der Waals surface area contributed by atoms with Crippen molar-refractivity contribution in [1.82, 2.24) is 9.38 Å². The molecular weight excluding hydrogens is 331 g/mol. The number of benzene rings is 1. The van der Waals surface area contributed by atoms with Gasteiger partial charge in [0.2, 0.25) is 0 Å². The van der Waals surface area contributed by atoms with Gasteiger partial charge in [-0.15, -0.1) is 10.2 Å². The van der Waals surface area contributed by atoms with Gasteiger partial charge in [-0.05, 0) is 36.2 Å². The van der Waals surface area contributed by atoms with Crippen molar-refractivity contribution in [2.75, 3.05) is 7.11 Å². The highest BCUT2D eigenvalue weighted by molar-refractivity contribution is 6.32. The molecule has 0 aliphatic heterocycles. The van der Waals surface area contributed by atoms with Crippen molar-refractivity contribution in [3.05, 3.63) is 53.1 Å². The molecule has 0 unspecified atom stereocenters. The van der Waals surface area contributed by atoms with Crippen LogP contribution in [0.15, 0.2) is 46.8 Å². The van der Waals surface area contributed by atoms with Crippen molar-refractivity contribution in [3.8, 4) is 5.75 Å². The van der Waals surface area contributed by atoms with Crippen LogP contribution in [0, 0.1) is 5.82 Å². The lowest BCUT2D eigenvalue weighted by atomic mass is 10.1. The molecule has 0 saturated heterocycles. The van der Waals surface area contributed by atoms with E-state index in [0.717, 1.165) is 5.69 Å². The lowest BCUT2D eigenvalue weighted by molar-refractivity contribution is 0.415. The van der Waals surface area contributed by atoms with Gasteiger partial charge in [0.15, 0.2) is 5.82 Å². The van der Waals surface area contributed by atoms with Crippen LogP contribution in [0.1, 0.15) is 25.5 Å². The first-order valence-electron chi connectivity index (χ1n) is 7.42. The number of imidazole rings is 1. The number of hydrogen-bond donors (Lipinski definition) is 0. The van der Waals surface area contributed by atoms with Crippen molar-refractivity contribution in [3.63, 3.8) is 0 Å². The molecule has 0 N–H and O–H groups in total. The minimum absolute atomic E-state index is 0.126. The predicted octanol–water partition coefficient (Wildman–Crippen LogP) is 5.67. The molecule has 0 aliphatic carbocycles. The first-order valence-corrected chi connectivity index (χ1v) is 7.80. The molecule has 5 nitrogen and oxygen atoms in total. The molecule has 0 bridgehead atoms. The zero-order valence-corrected chi connectivity index (χ0v) is 14.3. The minimum atomic E-state index is -0.362. The van der Waals surface area contributed by atoms with E-state index in [0.29, 0.717) is 27.9 Å². The van der Waals surface area contributed by atoms with Crippen LogP contribution in [0.4, 0.5) is 15.9 Å². The van der Waals surface area contributed by atoms with Gasteiger partial charge in [-0.2, -0.15) is 0 Å². The van der Waals surface area contributed by atoms with E-state index in [9.17, 15) is 4.39 Å². The fourth-order valence-electron chi connectivity index (χ4n) is 2.33. The molecule has 0 saturated carbocycles. The van der Waals surface area contributed by atoms with Crippen LogP contribution in [0.5, 0.6) is 5.75 Å². The van der Waals surface area contributed by atoms with Crippen LogP contribution < -0.4 is 4.74 Å². The molecule has 2 aromatic heterocycles. The zero-order chi connectivity index (χ0) is 17.3. The Morgan fingerprint density at radius 3 is 2.67 bits per heavy atom. The molecule has 3 rings (SSSR count). The summed E-state index contributed by atoms with van der Waals surface area (Å²) >= 11 is 6.09. The number of fused-ring (bicyclic) bond motifs is 1. The molecule has 0 aliphatic rings. The zero-order valence-electron chi connectivity index (χ0n) is 13.5. The van der Waals surface area contributed by atoms with Crippen molar-refractivity contribution in [1.29, 1.82) is 0 Å². The van der Waals surface area contributed by atoms with Gasteiger partial charge in [-0.25, -0.2) is 9.37 Å². The van der Waals surface area contributed by atoms with E-state index in [4.69, 9.17) is 16.3 Å². The number of azo groups is 1. The van der Waals surface area contributed by atoms with Crippen LogP contribution in [-0.4, -0.2) is 16.5 Å². The quantitative estimate of drug-likeness (QED) is 0.571. The highest BCUT2D eigenvalue weighted by Crippen LogP contribution is 2.32. The Morgan fingerprint density at radius 2 is 2.00 bits per heavy atom. The maximum Gasteiger partial charge on any atom is 0.183 e. The number of methoxy groups -OCH3 is 1. The highest BCUT2D eigenvalue weighted by Gasteiger charge is 2.15. The van der Waals surface area contributed by atoms with Crippen molar-refractivity contribution >= 4 is 28.8 Å². The van der Waals surface area contributed by atoms with E-state index in [1.807, 2.05) is 13.8 Å². The van der Waals surface area contributed by atoms with Gasteiger partial charge in [-0.3, -0.25) is 4.40 Å². The van der Waals surface area contributed by atoms with E-state index in [1.165, 1.54) is 12.3 Å². The second-order valence-electron chi connectivity index (χ2n) is 5.57. The Labute approximate surface area is 143 Å². The van der Waals surface area contributed by atoms with Crippen LogP contribution in [0.2, 0.25) is 5.02 Å². The highest BCUT2D eigenvalue weighted by atomic mass is 35.5. The average molecular weight is 347 g/mol. The number of pyridine rings is 1.